The number of urea groups is 1. The summed E-state index contributed by atoms with van der Waals surface area (Å²) < 4.78 is 17.8. The van der Waals surface area contributed by atoms with Gasteiger partial charge in [-0.2, -0.15) is 0 Å². The Hall–Kier alpha value is -5.06. The molecule has 1 heterocycles. The number of aliphatic hydroxyl groups excluding tert-OH is 1. The summed E-state index contributed by atoms with van der Waals surface area (Å²) in [6.45, 7) is 5.29. The van der Waals surface area contributed by atoms with Crippen LogP contribution in [0.3, 0.4) is 0 Å². The number of likely N-dealkylation sites (N-methyl/N-ethyl adjacent to an activating group) is 1. The van der Waals surface area contributed by atoms with Crippen molar-refractivity contribution in [2.24, 2.45) is 5.92 Å². The second kappa shape index (κ2) is 15.5. The molecule has 4 aromatic rings. The standard InChI is InChI=1S/C37H42N4O6/c1-25-21-41(26(2)24-42)36(43)32-11-8-12-33(39-37(44)38-28-15-19-29(45-4)20-16-28)35(32)47-34(25)23-40(3)22-27-13-17-31(18-14-27)46-30-9-6-5-7-10-30/h5-20,25-26,34,42H,21-24H2,1-4H3,(H2,38,39,44)/t25-,26+,34-/m0/s1. The molecular formula is C37H42N4O6. The van der Waals surface area contributed by atoms with Gasteiger partial charge in [0.25, 0.3) is 5.91 Å². The fourth-order valence-corrected chi connectivity index (χ4v) is 5.49. The highest BCUT2D eigenvalue weighted by molar-refractivity contribution is 6.04. The molecule has 3 N–H and O–H groups in total. The van der Waals surface area contributed by atoms with E-state index < -0.39 is 12.1 Å². The number of nitrogens with one attached hydrogen (secondary N) is 2. The van der Waals surface area contributed by atoms with Crippen molar-refractivity contribution < 1.29 is 28.9 Å². The molecule has 1 aliphatic heterocycles. The molecule has 0 spiro atoms. The van der Waals surface area contributed by atoms with Crippen molar-refractivity contribution >= 4 is 23.3 Å². The number of para-hydroxylation sites is 2. The quantitative estimate of drug-likeness (QED) is 0.172. The molecule has 0 bridgehead atoms. The lowest BCUT2D eigenvalue weighted by Gasteiger charge is -2.38. The molecule has 3 atom stereocenters. The van der Waals surface area contributed by atoms with E-state index in [2.05, 4.69) is 15.5 Å². The number of ether oxygens (including phenoxy) is 3. The highest BCUT2D eigenvalue weighted by Gasteiger charge is 2.34. The van der Waals surface area contributed by atoms with Gasteiger partial charge in [0.15, 0.2) is 5.75 Å². The summed E-state index contributed by atoms with van der Waals surface area (Å²) >= 11 is 0. The predicted molar refractivity (Wildman–Crippen MR) is 183 cm³/mol. The van der Waals surface area contributed by atoms with Crippen LogP contribution in [0.5, 0.6) is 23.0 Å². The van der Waals surface area contributed by atoms with E-state index in [1.165, 1.54) is 0 Å². The number of carbonyl (C=O) groups excluding carboxylic acids is 2. The number of hydrogen-bond donors (Lipinski definition) is 3. The normalized spacial score (nSPS) is 16.7. The second-order valence-corrected chi connectivity index (χ2v) is 11.9. The molecule has 0 saturated carbocycles. The summed E-state index contributed by atoms with van der Waals surface area (Å²) in [5, 5.41) is 15.7. The van der Waals surface area contributed by atoms with E-state index >= 15 is 0 Å². The van der Waals surface area contributed by atoms with Crippen LogP contribution >= 0.6 is 0 Å². The Balaban J connectivity index is 1.34. The fraction of sp³-hybridized carbons (Fsp3) is 0.297. The van der Waals surface area contributed by atoms with Gasteiger partial charge in [-0.15, -0.1) is 0 Å². The Morgan fingerprint density at radius 2 is 1.64 bits per heavy atom. The molecule has 10 heteroatoms. The van der Waals surface area contributed by atoms with Crippen LogP contribution in [0, 0.1) is 5.92 Å². The maximum atomic E-state index is 13.8. The van der Waals surface area contributed by atoms with E-state index in [9.17, 15) is 14.7 Å². The molecule has 1 aliphatic rings. The van der Waals surface area contributed by atoms with Crippen molar-refractivity contribution in [3.63, 3.8) is 0 Å². The van der Waals surface area contributed by atoms with Crippen LogP contribution in [0.15, 0.2) is 97.1 Å². The minimum Gasteiger partial charge on any atom is -0.497 e. The zero-order chi connectivity index (χ0) is 33.3. The van der Waals surface area contributed by atoms with Crippen LogP contribution in [-0.2, 0) is 6.54 Å². The van der Waals surface area contributed by atoms with Gasteiger partial charge >= 0.3 is 6.03 Å². The lowest BCUT2D eigenvalue weighted by molar-refractivity contribution is 0.0343. The van der Waals surface area contributed by atoms with Gasteiger partial charge < -0.3 is 34.9 Å². The average molecular weight is 639 g/mol. The first-order valence-electron chi connectivity index (χ1n) is 15.7. The van der Waals surface area contributed by atoms with Crippen molar-refractivity contribution in [3.8, 4) is 23.0 Å². The SMILES string of the molecule is COc1ccc(NC(=O)Nc2cccc3c2O[C@@H](CN(C)Cc2ccc(Oc4ccccc4)cc2)[C@@H](C)CN([C@H](C)CO)C3=O)cc1. The highest BCUT2D eigenvalue weighted by atomic mass is 16.5. The maximum Gasteiger partial charge on any atom is 0.323 e. The van der Waals surface area contributed by atoms with Gasteiger partial charge in [0.05, 0.1) is 31.0 Å². The Morgan fingerprint density at radius 3 is 2.32 bits per heavy atom. The molecule has 0 aromatic heterocycles. The van der Waals surface area contributed by atoms with Crippen LogP contribution in [-0.4, -0.2) is 72.8 Å². The smallest absolute Gasteiger partial charge is 0.323 e. The summed E-state index contributed by atoms with van der Waals surface area (Å²) in [6.07, 6.45) is -0.339. The summed E-state index contributed by atoms with van der Waals surface area (Å²) in [5.74, 6) is 2.15. The largest absolute Gasteiger partial charge is 0.497 e. The van der Waals surface area contributed by atoms with Crippen molar-refractivity contribution in [3.05, 3.63) is 108 Å². The van der Waals surface area contributed by atoms with Crippen LogP contribution in [0.2, 0.25) is 0 Å². The van der Waals surface area contributed by atoms with E-state index in [1.807, 2.05) is 75.5 Å². The first kappa shape index (κ1) is 33.3. The highest BCUT2D eigenvalue weighted by Crippen LogP contribution is 2.35. The number of nitrogens with zero attached hydrogens (tertiary/aromatic N) is 2. The van der Waals surface area contributed by atoms with Gasteiger partial charge in [-0.05, 0) is 80.2 Å². The van der Waals surface area contributed by atoms with Crippen LogP contribution in [0.25, 0.3) is 0 Å². The van der Waals surface area contributed by atoms with E-state index in [-0.39, 0.29) is 24.5 Å². The molecule has 5 rings (SSSR count). The van der Waals surface area contributed by atoms with Gasteiger partial charge in [0, 0.05) is 31.2 Å². The molecule has 0 unspecified atom stereocenters. The van der Waals surface area contributed by atoms with Crippen LogP contribution in [0.1, 0.15) is 29.8 Å². The van der Waals surface area contributed by atoms with Crippen molar-refractivity contribution in [2.45, 2.75) is 32.5 Å². The zero-order valence-corrected chi connectivity index (χ0v) is 27.2. The second-order valence-electron chi connectivity index (χ2n) is 11.9. The number of anilines is 2. The van der Waals surface area contributed by atoms with Gasteiger partial charge in [-0.25, -0.2) is 4.79 Å². The van der Waals surface area contributed by atoms with E-state index in [4.69, 9.17) is 14.2 Å². The molecule has 0 aliphatic carbocycles. The first-order valence-corrected chi connectivity index (χ1v) is 15.7. The minimum absolute atomic E-state index is 0.0913. The number of aliphatic hydroxyl groups is 1. The van der Waals surface area contributed by atoms with Crippen LogP contribution in [0.4, 0.5) is 16.2 Å². The third kappa shape index (κ3) is 8.60. The number of carbonyl (C=O) groups is 2. The average Bonchev–Trinajstić information content (AvgIpc) is 3.08. The zero-order valence-electron chi connectivity index (χ0n) is 27.2. The Bertz CT molecular complexity index is 1630. The number of rotatable bonds is 11. The molecule has 246 valence electrons. The molecular weight excluding hydrogens is 596 g/mol. The lowest BCUT2D eigenvalue weighted by atomic mass is 9.99. The Labute approximate surface area is 275 Å². The number of methoxy groups -OCH3 is 1. The number of amides is 3. The van der Waals surface area contributed by atoms with Gasteiger partial charge in [0.1, 0.15) is 23.4 Å². The summed E-state index contributed by atoms with van der Waals surface area (Å²) in [6, 6.07) is 28.9. The van der Waals surface area contributed by atoms with Crippen molar-refractivity contribution in [2.75, 3.05) is 44.5 Å². The van der Waals surface area contributed by atoms with E-state index in [1.54, 1.807) is 54.5 Å². The third-order valence-corrected chi connectivity index (χ3v) is 8.13. The minimum atomic E-state index is -0.483. The van der Waals surface area contributed by atoms with Gasteiger partial charge in [-0.1, -0.05) is 43.3 Å². The Morgan fingerprint density at radius 1 is 0.957 bits per heavy atom. The first-order chi connectivity index (χ1) is 22.7. The predicted octanol–water partition coefficient (Wildman–Crippen LogP) is 6.48. The summed E-state index contributed by atoms with van der Waals surface area (Å²) in [7, 11) is 3.60. The molecule has 0 fully saturated rings. The molecule has 10 nitrogen and oxygen atoms in total. The third-order valence-electron chi connectivity index (χ3n) is 8.13. The summed E-state index contributed by atoms with van der Waals surface area (Å²) in [4.78, 5) is 30.7. The van der Waals surface area contributed by atoms with Crippen LogP contribution < -0.4 is 24.8 Å². The van der Waals surface area contributed by atoms with E-state index in [0.29, 0.717) is 48.1 Å². The molecule has 47 heavy (non-hydrogen) atoms. The molecule has 3 amide bonds. The molecule has 0 radical (unpaired) electrons. The monoisotopic (exact) mass is 638 g/mol. The summed E-state index contributed by atoms with van der Waals surface area (Å²) in [5.41, 5.74) is 2.38. The van der Waals surface area contributed by atoms with Gasteiger partial charge in [-0.3, -0.25) is 9.69 Å². The van der Waals surface area contributed by atoms with E-state index in [0.717, 1.165) is 17.1 Å². The van der Waals surface area contributed by atoms with Crippen molar-refractivity contribution in [1.82, 2.24) is 9.80 Å². The lowest BCUT2D eigenvalue weighted by Crippen LogP contribution is -2.49. The van der Waals surface area contributed by atoms with Gasteiger partial charge in [0.2, 0.25) is 0 Å². The number of benzene rings is 4. The Kier molecular flexibility index (Phi) is 11.0. The molecule has 4 aromatic carbocycles. The van der Waals surface area contributed by atoms with Crippen molar-refractivity contribution in [1.29, 1.82) is 0 Å². The number of hydrogen-bond acceptors (Lipinski definition) is 7. The maximum absolute atomic E-state index is 13.8. The number of fused-ring (bicyclic) bond motifs is 1. The fourth-order valence-electron chi connectivity index (χ4n) is 5.49. The topological polar surface area (TPSA) is 113 Å². The molecule has 0 saturated heterocycles.